The smallest absolute Gasteiger partial charge is 0.139 e. The topological polar surface area (TPSA) is 34.1 Å². The number of carbonyl (C=O) groups excluding carboxylic acids is 2. The van der Waals surface area contributed by atoms with Crippen molar-refractivity contribution in [3.05, 3.63) is 0 Å². The van der Waals surface area contributed by atoms with Gasteiger partial charge in [0.1, 0.15) is 12.1 Å². The van der Waals surface area contributed by atoms with E-state index in [0.29, 0.717) is 12.7 Å². The first-order valence-electron chi connectivity index (χ1n) is 7.76. The number of hydrogen-bond donors (Lipinski definition) is 0. The van der Waals surface area contributed by atoms with E-state index in [2.05, 4.69) is 6.92 Å². The Hall–Kier alpha value is -0.660. The molecule has 0 aromatic rings. The van der Waals surface area contributed by atoms with Gasteiger partial charge in [0, 0.05) is 6.42 Å². The van der Waals surface area contributed by atoms with Crippen LogP contribution in [-0.2, 0) is 9.59 Å². The van der Waals surface area contributed by atoms with E-state index in [1.54, 1.807) is 0 Å². The summed E-state index contributed by atoms with van der Waals surface area (Å²) in [6.45, 7) is 2.25. The summed E-state index contributed by atoms with van der Waals surface area (Å²) in [5.41, 5.74) is 0. The zero-order valence-electron chi connectivity index (χ0n) is 12.1. The molecule has 0 bridgehead atoms. The monoisotopic (exact) mass is 254 g/mol. The van der Waals surface area contributed by atoms with Crippen molar-refractivity contribution in [3.8, 4) is 0 Å². The Labute approximate surface area is 113 Å². The lowest BCUT2D eigenvalue weighted by atomic mass is 10.0. The van der Waals surface area contributed by atoms with Crippen LogP contribution in [0.3, 0.4) is 0 Å². The maximum absolute atomic E-state index is 11.1. The number of ketones is 1. The molecule has 0 heterocycles. The minimum atomic E-state index is 0.0981. The number of carbonyl (C=O) groups is 2. The fourth-order valence-corrected chi connectivity index (χ4v) is 2.18. The van der Waals surface area contributed by atoms with Crippen LogP contribution in [0.2, 0.25) is 0 Å². The van der Waals surface area contributed by atoms with Crippen LogP contribution in [0, 0.1) is 0 Å². The van der Waals surface area contributed by atoms with Gasteiger partial charge in [-0.25, -0.2) is 0 Å². The Morgan fingerprint density at radius 3 is 1.67 bits per heavy atom. The third-order valence-electron chi connectivity index (χ3n) is 3.37. The van der Waals surface area contributed by atoms with E-state index in [-0.39, 0.29) is 12.2 Å². The van der Waals surface area contributed by atoms with Crippen molar-refractivity contribution < 1.29 is 9.59 Å². The van der Waals surface area contributed by atoms with Gasteiger partial charge >= 0.3 is 0 Å². The fourth-order valence-electron chi connectivity index (χ4n) is 2.18. The van der Waals surface area contributed by atoms with Crippen LogP contribution < -0.4 is 0 Å². The van der Waals surface area contributed by atoms with Gasteiger partial charge in [0.05, 0.1) is 6.42 Å². The first-order valence-corrected chi connectivity index (χ1v) is 7.76. The first kappa shape index (κ1) is 17.3. The zero-order valence-corrected chi connectivity index (χ0v) is 12.1. The van der Waals surface area contributed by atoms with Crippen LogP contribution in [0.5, 0.6) is 0 Å². The summed E-state index contributed by atoms with van der Waals surface area (Å²) < 4.78 is 0. The van der Waals surface area contributed by atoms with Gasteiger partial charge in [-0.2, -0.15) is 0 Å². The van der Waals surface area contributed by atoms with Gasteiger partial charge < -0.3 is 4.79 Å². The van der Waals surface area contributed by atoms with Crippen LogP contribution in [0.15, 0.2) is 0 Å². The lowest BCUT2D eigenvalue weighted by Gasteiger charge is -2.02. The normalized spacial score (nSPS) is 10.5. The van der Waals surface area contributed by atoms with Crippen LogP contribution >= 0.6 is 0 Å². The third-order valence-corrected chi connectivity index (χ3v) is 3.37. The average Bonchev–Trinajstić information content (AvgIpc) is 2.36. The molecule has 106 valence electrons. The van der Waals surface area contributed by atoms with Gasteiger partial charge in [0.2, 0.25) is 0 Å². The second-order valence-corrected chi connectivity index (χ2v) is 5.19. The summed E-state index contributed by atoms with van der Waals surface area (Å²) in [6, 6.07) is 0. The molecule has 0 aromatic heterocycles. The molecule has 0 aliphatic rings. The summed E-state index contributed by atoms with van der Waals surface area (Å²) in [4.78, 5) is 21.2. The van der Waals surface area contributed by atoms with Crippen molar-refractivity contribution in [1.29, 1.82) is 0 Å². The number of rotatable bonds is 14. The highest BCUT2D eigenvalue weighted by Gasteiger charge is 1.99. The predicted octanol–water partition coefficient (Wildman–Crippen LogP) is 4.85. The largest absolute Gasteiger partial charge is 0.303 e. The van der Waals surface area contributed by atoms with Gasteiger partial charge in [-0.3, -0.25) is 4.79 Å². The van der Waals surface area contributed by atoms with E-state index in [1.807, 2.05) is 0 Å². The molecule has 2 heteroatoms. The minimum Gasteiger partial charge on any atom is -0.303 e. The number of Topliss-reactive ketones (excluding diaryl/α,β-unsaturated/α-hetero) is 1. The van der Waals surface area contributed by atoms with Crippen molar-refractivity contribution in [2.45, 2.75) is 90.4 Å². The SMILES string of the molecule is CCCCCCCCCCCCCC(=O)CC=O. The minimum absolute atomic E-state index is 0.0981. The lowest BCUT2D eigenvalue weighted by molar-refractivity contribution is -0.122. The van der Waals surface area contributed by atoms with E-state index in [1.165, 1.54) is 57.8 Å². The molecule has 0 rings (SSSR count). The first-order chi connectivity index (χ1) is 8.81. The molecule has 0 saturated carbocycles. The van der Waals surface area contributed by atoms with Crippen molar-refractivity contribution >= 4 is 12.1 Å². The van der Waals surface area contributed by atoms with Crippen molar-refractivity contribution in [2.24, 2.45) is 0 Å². The quantitative estimate of drug-likeness (QED) is 0.252. The number of unbranched alkanes of at least 4 members (excludes halogenated alkanes) is 10. The maximum atomic E-state index is 11.1. The molecular weight excluding hydrogens is 224 g/mol. The van der Waals surface area contributed by atoms with Crippen molar-refractivity contribution in [1.82, 2.24) is 0 Å². The molecule has 2 nitrogen and oxygen atoms in total. The Balaban J connectivity index is 3.03. The van der Waals surface area contributed by atoms with Gasteiger partial charge in [-0.1, -0.05) is 71.1 Å². The van der Waals surface area contributed by atoms with E-state index < -0.39 is 0 Å². The second-order valence-electron chi connectivity index (χ2n) is 5.19. The molecule has 0 spiro atoms. The molecule has 0 aliphatic carbocycles. The van der Waals surface area contributed by atoms with Gasteiger partial charge in [-0.15, -0.1) is 0 Å². The molecule has 0 atom stereocenters. The van der Waals surface area contributed by atoms with E-state index in [4.69, 9.17) is 0 Å². The molecule has 18 heavy (non-hydrogen) atoms. The maximum Gasteiger partial charge on any atom is 0.139 e. The highest BCUT2D eigenvalue weighted by atomic mass is 16.1. The van der Waals surface area contributed by atoms with Gasteiger partial charge in [0.25, 0.3) is 0 Å². The molecule has 0 unspecified atom stereocenters. The Morgan fingerprint density at radius 1 is 0.778 bits per heavy atom. The fraction of sp³-hybridized carbons (Fsp3) is 0.875. The van der Waals surface area contributed by atoms with Crippen LogP contribution in [0.25, 0.3) is 0 Å². The molecule has 0 saturated heterocycles. The zero-order chi connectivity index (χ0) is 13.5. The summed E-state index contributed by atoms with van der Waals surface area (Å²) in [6.07, 6.45) is 15.7. The third kappa shape index (κ3) is 13.4. The molecule has 0 fully saturated rings. The number of hydrogen-bond acceptors (Lipinski definition) is 2. The predicted molar refractivity (Wildman–Crippen MR) is 76.8 cm³/mol. The Kier molecular flexibility index (Phi) is 13.9. The van der Waals surface area contributed by atoms with Crippen molar-refractivity contribution in [2.75, 3.05) is 0 Å². The highest BCUT2D eigenvalue weighted by Crippen LogP contribution is 2.12. The second kappa shape index (κ2) is 14.4. The van der Waals surface area contributed by atoms with Gasteiger partial charge in [-0.05, 0) is 6.42 Å². The van der Waals surface area contributed by atoms with E-state index in [9.17, 15) is 9.59 Å². The van der Waals surface area contributed by atoms with Crippen LogP contribution in [0.1, 0.15) is 90.4 Å². The molecule has 0 aromatic carbocycles. The van der Waals surface area contributed by atoms with Crippen molar-refractivity contribution in [3.63, 3.8) is 0 Å². The molecule has 0 N–H and O–H groups in total. The molecular formula is C16H30O2. The van der Waals surface area contributed by atoms with Crippen LogP contribution in [-0.4, -0.2) is 12.1 Å². The van der Waals surface area contributed by atoms with Gasteiger partial charge in [0.15, 0.2) is 0 Å². The Bertz CT molecular complexity index is 199. The summed E-state index contributed by atoms with van der Waals surface area (Å²) >= 11 is 0. The standard InChI is InChI=1S/C16H30O2/c1-2-3-4-5-6-7-8-9-10-11-12-13-16(18)14-15-17/h15H,2-14H2,1H3. The van der Waals surface area contributed by atoms with Crippen LogP contribution in [0.4, 0.5) is 0 Å². The van der Waals surface area contributed by atoms with E-state index in [0.717, 1.165) is 12.8 Å². The molecule has 0 radical (unpaired) electrons. The molecule has 0 amide bonds. The summed E-state index contributed by atoms with van der Waals surface area (Å²) in [5.74, 6) is 0.0981. The number of aldehydes is 1. The summed E-state index contributed by atoms with van der Waals surface area (Å²) in [5, 5.41) is 0. The molecule has 0 aliphatic heterocycles. The summed E-state index contributed by atoms with van der Waals surface area (Å²) in [7, 11) is 0. The Morgan fingerprint density at radius 2 is 1.22 bits per heavy atom. The average molecular weight is 254 g/mol. The van der Waals surface area contributed by atoms with E-state index >= 15 is 0 Å². The lowest BCUT2D eigenvalue weighted by Crippen LogP contribution is -1.97. The highest BCUT2D eigenvalue weighted by molar-refractivity contribution is 5.89.